The summed E-state index contributed by atoms with van der Waals surface area (Å²) in [7, 11) is -7.79. The summed E-state index contributed by atoms with van der Waals surface area (Å²) in [5, 5.41) is 14.1. The molecule has 1 heterocycles. The minimum atomic E-state index is -4.09. The van der Waals surface area contributed by atoms with Gasteiger partial charge in [0.15, 0.2) is 21.3 Å². The standard InChI is InChI=1S/C27H39N3O8S2/c1-18(2)15-30(40(35,36)20-11-12-23-24(14-20)38-17-37-23)16-22(31)21(13-19-9-7-6-8-10-19)29-26(32)25(28)27(3,4)39(5,33)34/h6-12,14,18,21-22,25,31H,13,15-17,28H2,1-5H3,(H,29,32)/t21-,22+,25+/m0/s1. The summed E-state index contributed by atoms with van der Waals surface area (Å²) < 4.78 is 62.2. The van der Waals surface area contributed by atoms with Crippen LogP contribution in [0.2, 0.25) is 0 Å². The van der Waals surface area contributed by atoms with Crippen LogP contribution >= 0.6 is 0 Å². The van der Waals surface area contributed by atoms with Gasteiger partial charge in [0.1, 0.15) is 6.04 Å². The number of aliphatic hydroxyl groups excluding tert-OH is 1. The topological polar surface area (TPSA) is 165 Å². The molecule has 222 valence electrons. The zero-order valence-electron chi connectivity index (χ0n) is 23.4. The van der Waals surface area contributed by atoms with Gasteiger partial charge in [-0.15, -0.1) is 0 Å². The summed E-state index contributed by atoms with van der Waals surface area (Å²) in [6.45, 7) is 6.17. The van der Waals surface area contributed by atoms with Gasteiger partial charge in [0, 0.05) is 25.4 Å². The highest BCUT2D eigenvalue weighted by Gasteiger charge is 2.42. The Kier molecular flexibility index (Phi) is 9.89. The molecule has 2 aromatic rings. The maximum atomic E-state index is 13.7. The number of rotatable bonds is 13. The second-order valence-electron chi connectivity index (χ2n) is 11.0. The van der Waals surface area contributed by atoms with Gasteiger partial charge in [-0.25, -0.2) is 16.8 Å². The third-order valence-electron chi connectivity index (χ3n) is 7.02. The van der Waals surface area contributed by atoms with Crippen molar-refractivity contribution < 1.29 is 36.2 Å². The number of nitrogens with one attached hydrogen (secondary N) is 1. The minimum Gasteiger partial charge on any atom is -0.454 e. The monoisotopic (exact) mass is 597 g/mol. The van der Waals surface area contributed by atoms with Crippen LogP contribution < -0.4 is 20.5 Å². The Labute approximate surface area is 236 Å². The van der Waals surface area contributed by atoms with E-state index in [0.29, 0.717) is 11.5 Å². The first kappa shape index (κ1) is 31.8. The van der Waals surface area contributed by atoms with E-state index < -0.39 is 48.7 Å². The largest absolute Gasteiger partial charge is 0.454 e. The molecule has 3 atom stereocenters. The lowest BCUT2D eigenvalue weighted by molar-refractivity contribution is -0.124. The Morgan fingerprint density at radius 3 is 2.27 bits per heavy atom. The van der Waals surface area contributed by atoms with E-state index in [4.69, 9.17) is 15.2 Å². The molecule has 2 aromatic carbocycles. The Morgan fingerprint density at radius 2 is 1.68 bits per heavy atom. The molecule has 3 rings (SSSR count). The highest BCUT2D eigenvalue weighted by molar-refractivity contribution is 7.92. The van der Waals surface area contributed by atoms with Crippen LogP contribution in [0.15, 0.2) is 53.4 Å². The number of hydrogen-bond donors (Lipinski definition) is 3. The van der Waals surface area contributed by atoms with Crippen molar-refractivity contribution in [3.8, 4) is 11.5 Å². The van der Waals surface area contributed by atoms with Crippen LogP contribution in [-0.4, -0.2) is 81.2 Å². The van der Waals surface area contributed by atoms with Crippen molar-refractivity contribution in [3.63, 3.8) is 0 Å². The molecule has 1 aliphatic rings. The Hall–Kier alpha value is -2.71. The molecule has 0 aliphatic carbocycles. The smallest absolute Gasteiger partial charge is 0.243 e. The number of amides is 1. The molecule has 0 saturated carbocycles. The number of benzene rings is 2. The SMILES string of the molecule is CC(C)CN(C[C@@H](O)[C@H](Cc1ccccc1)NC(=O)[C@@H](N)C(C)(C)S(C)(=O)=O)S(=O)(=O)c1ccc2c(c1)OCO2. The van der Waals surface area contributed by atoms with Gasteiger partial charge in [-0.2, -0.15) is 4.31 Å². The second kappa shape index (κ2) is 12.4. The lowest BCUT2D eigenvalue weighted by atomic mass is 9.98. The summed E-state index contributed by atoms with van der Waals surface area (Å²) >= 11 is 0. The van der Waals surface area contributed by atoms with Crippen molar-refractivity contribution in [2.75, 3.05) is 26.1 Å². The van der Waals surface area contributed by atoms with Crippen molar-refractivity contribution >= 4 is 25.8 Å². The van der Waals surface area contributed by atoms with Gasteiger partial charge in [0.05, 0.1) is 21.8 Å². The van der Waals surface area contributed by atoms with Crippen LogP contribution in [0.5, 0.6) is 11.5 Å². The fraction of sp³-hybridized carbons (Fsp3) is 0.519. The third kappa shape index (κ3) is 7.32. The summed E-state index contributed by atoms with van der Waals surface area (Å²) in [6, 6.07) is 10.9. The predicted octanol–water partition coefficient (Wildman–Crippen LogP) is 1.30. The molecular weight excluding hydrogens is 558 g/mol. The van der Waals surface area contributed by atoms with Gasteiger partial charge in [-0.1, -0.05) is 44.2 Å². The zero-order chi connectivity index (χ0) is 29.9. The maximum Gasteiger partial charge on any atom is 0.243 e. The molecule has 0 radical (unpaired) electrons. The van der Waals surface area contributed by atoms with E-state index in [2.05, 4.69) is 5.32 Å². The van der Waals surface area contributed by atoms with Crippen molar-refractivity contribution in [2.45, 2.75) is 61.9 Å². The molecule has 0 unspecified atom stereocenters. The van der Waals surface area contributed by atoms with E-state index in [-0.39, 0.29) is 37.1 Å². The summed E-state index contributed by atoms with van der Waals surface area (Å²) in [4.78, 5) is 13.1. The maximum absolute atomic E-state index is 13.7. The number of carbonyl (C=O) groups is 1. The van der Waals surface area contributed by atoms with E-state index in [1.807, 2.05) is 32.0 Å². The number of hydrogen-bond acceptors (Lipinski definition) is 9. The van der Waals surface area contributed by atoms with Crippen LogP contribution in [0.3, 0.4) is 0 Å². The first-order chi connectivity index (χ1) is 18.5. The molecule has 13 heteroatoms. The van der Waals surface area contributed by atoms with Gasteiger partial charge in [-0.3, -0.25) is 4.79 Å². The molecule has 0 spiro atoms. The van der Waals surface area contributed by atoms with Gasteiger partial charge < -0.3 is 25.6 Å². The lowest BCUT2D eigenvalue weighted by Crippen LogP contribution is -2.60. The normalized spacial score (nSPS) is 16.1. The second-order valence-corrected chi connectivity index (χ2v) is 15.5. The predicted molar refractivity (Wildman–Crippen MR) is 151 cm³/mol. The average Bonchev–Trinajstić information content (AvgIpc) is 3.35. The van der Waals surface area contributed by atoms with Crippen molar-refractivity contribution in [1.82, 2.24) is 9.62 Å². The quantitative estimate of drug-likeness (QED) is 0.309. The zero-order valence-corrected chi connectivity index (χ0v) is 25.0. The van der Waals surface area contributed by atoms with E-state index in [0.717, 1.165) is 11.8 Å². The first-order valence-electron chi connectivity index (χ1n) is 12.9. The van der Waals surface area contributed by atoms with Crippen LogP contribution in [0, 0.1) is 5.92 Å². The number of carbonyl (C=O) groups excluding carboxylic acids is 1. The average molecular weight is 598 g/mol. The van der Waals surface area contributed by atoms with Crippen LogP contribution in [0.4, 0.5) is 0 Å². The molecular formula is C27H39N3O8S2. The number of nitrogens with two attached hydrogens (primary N) is 1. The molecule has 11 nitrogen and oxygen atoms in total. The van der Waals surface area contributed by atoms with Gasteiger partial charge in [-0.05, 0) is 43.9 Å². The van der Waals surface area contributed by atoms with Crippen LogP contribution in [0.1, 0.15) is 33.3 Å². The van der Waals surface area contributed by atoms with E-state index in [1.165, 1.54) is 36.4 Å². The number of sulfonamides is 1. The summed E-state index contributed by atoms with van der Waals surface area (Å²) in [6.07, 6.45) is -0.208. The Bertz CT molecular complexity index is 1400. The first-order valence-corrected chi connectivity index (χ1v) is 16.2. The van der Waals surface area contributed by atoms with Crippen molar-refractivity contribution in [1.29, 1.82) is 0 Å². The van der Waals surface area contributed by atoms with Crippen LogP contribution in [0.25, 0.3) is 0 Å². The number of sulfone groups is 1. The van der Waals surface area contributed by atoms with E-state index >= 15 is 0 Å². The fourth-order valence-electron chi connectivity index (χ4n) is 4.17. The number of aliphatic hydroxyl groups is 1. The van der Waals surface area contributed by atoms with E-state index in [9.17, 15) is 26.7 Å². The molecule has 0 fully saturated rings. The molecule has 1 amide bonds. The van der Waals surface area contributed by atoms with Crippen molar-refractivity contribution in [3.05, 3.63) is 54.1 Å². The highest BCUT2D eigenvalue weighted by atomic mass is 32.2. The van der Waals surface area contributed by atoms with Gasteiger partial charge in [0.25, 0.3) is 0 Å². The Morgan fingerprint density at radius 1 is 1.05 bits per heavy atom. The summed E-state index contributed by atoms with van der Waals surface area (Å²) in [5.74, 6) is -0.109. The van der Waals surface area contributed by atoms with Crippen LogP contribution in [-0.2, 0) is 31.1 Å². The molecule has 1 aliphatic heterocycles. The lowest BCUT2D eigenvalue weighted by Gasteiger charge is -2.33. The minimum absolute atomic E-state index is 0.00754. The molecule has 0 aromatic heterocycles. The third-order valence-corrected chi connectivity index (χ3v) is 11.0. The summed E-state index contributed by atoms with van der Waals surface area (Å²) in [5.41, 5.74) is 6.85. The molecule has 0 saturated heterocycles. The van der Waals surface area contributed by atoms with E-state index in [1.54, 1.807) is 12.1 Å². The molecule has 40 heavy (non-hydrogen) atoms. The Balaban J connectivity index is 1.91. The number of ether oxygens (including phenoxy) is 2. The van der Waals surface area contributed by atoms with Crippen molar-refractivity contribution in [2.24, 2.45) is 11.7 Å². The van der Waals surface area contributed by atoms with Gasteiger partial charge in [0.2, 0.25) is 22.7 Å². The molecule has 0 bridgehead atoms. The number of fused-ring (bicyclic) bond motifs is 1. The highest BCUT2D eigenvalue weighted by Crippen LogP contribution is 2.35. The molecule has 4 N–H and O–H groups in total. The number of nitrogens with zero attached hydrogens (tertiary/aromatic N) is 1. The fourth-order valence-corrected chi connectivity index (χ4v) is 6.38. The van der Waals surface area contributed by atoms with Gasteiger partial charge >= 0.3 is 0 Å².